The maximum absolute atomic E-state index is 13.1. The Morgan fingerprint density at radius 3 is 2.62 bits per heavy atom. The number of carbonyl (C=O) groups excluding carboxylic acids is 1. The number of hydrogen-bond donors (Lipinski definition) is 0. The van der Waals surface area contributed by atoms with Gasteiger partial charge in [0.15, 0.2) is 11.7 Å². The second kappa shape index (κ2) is 8.41. The molecule has 0 aliphatic rings. The molecule has 0 saturated carbocycles. The van der Waals surface area contributed by atoms with Gasteiger partial charge in [0, 0.05) is 12.4 Å². The number of carbonyl (C=O) groups is 1. The standard InChI is InChI=1S/C23H21N3O2S/c1-16-8-10-19(11-9-16)28-15-21(27)26(14-18-6-4-12-24-13-18)23-25-22-17(2)5-3-7-20(22)29-23/h3-13H,14-15H2,1-2H3. The van der Waals surface area contributed by atoms with Crippen LogP contribution in [-0.4, -0.2) is 22.5 Å². The molecule has 2 heterocycles. The third-order valence-corrected chi connectivity index (χ3v) is 5.63. The number of ether oxygens (including phenoxy) is 1. The number of benzene rings is 2. The van der Waals surface area contributed by atoms with Gasteiger partial charge in [-0.2, -0.15) is 0 Å². The van der Waals surface area contributed by atoms with Crippen LogP contribution in [0.25, 0.3) is 10.2 Å². The van der Waals surface area contributed by atoms with Gasteiger partial charge in [-0.1, -0.05) is 47.2 Å². The lowest BCUT2D eigenvalue weighted by Gasteiger charge is -2.20. The van der Waals surface area contributed by atoms with Crippen LogP contribution in [0, 0.1) is 13.8 Å². The van der Waals surface area contributed by atoms with E-state index in [2.05, 4.69) is 4.98 Å². The summed E-state index contributed by atoms with van der Waals surface area (Å²) in [7, 11) is 0. The highest BCUT2D eigenvalue weighted by molar-refractivity contribution is 7.22. The Morgan fingerprint density at radius 1 is 1.07 bits per heavy atom. The van der Waals surface area contributed by atoms with Crippen molar-refractivity contribution in [3.8, 4) is 5.75 Å². The molecule has 0 aliphatic carbocycles. The number of thiazole rings is 1. The number of amides is 1. The molecule has 0 N–H and O–H groups in total. The number of fused-ring (bicyclic) bond motifs is 1. The maximum Gasteiger partial charge on any atom is 0.267 e. The van der Waals surface area contributed by atoms with E-state index in [1.54, 1.807) is 17.3 Å². The van der Waals surface area contributed by atoms with Gasteiger partial charge in [0.1, 0.15) is 5.75 Å². The van der Waals surface area contributed by atoms with Gasteiger partial charge in [0.25, 0.3) is 5.91 Å². The monoisotopic (exact) mass is 403 g/mol. The first-order valence-electron chi connectivity index (χ1n) is 9.35. The van der Waals surface area contributed by atoms with Crippen LogP contribution in [0.1, 0.15) is 16.7 Å². The van der Waals surface area contributed by atoms with Crippen molar-refractivity contribution in [1.82, 2.24) is 9.97 Å². The van der Waals surface area contributed by atoms with Crippen LogP contribution in [0.4, 0.5) is 5.13 Å². The SMILES string of the molecule is Cc1ccc(OCC(=O)N(Cc2cccnc2)c2nc3c(C)cccc3s2)cc1. The summed E-state index contributed by atoms with van der Waals surface area (Å²) in [6.45, 7) is 4.38. The fourth-order valence-corrected chi connectivity index (χ4v) is 4.04. The number of anilines is 1. The van der Waals surface area contributed by atoms with E-state index in [4.69, 9.17) is 9.72 Å². The van der Waals surface area contributed by atoms with Crippen LogP contribution in [0.5, 0.6) is 5.75 Å². The second-order valence-electron chi connectivity index (χ2n) is 6.86. The van der Waals surface area contributed by atoms with E-state index in [-0.39, 0.29) is 12.5 Å². The largest absolute Gasteiger partial charge is 0.484 e. The molecule has 146 valence electrons. The molecule has 4 aromatic rings. The van der Waals surface area contributed by atoms with Gasteiger partial charge in [-0.25, -0.2) is 4.98 Å². The van der Waals surface area contributed by atoms with Crippen molar-refractivity contribution >= 4 is 32.6 Å². The predicted molar refractivity (Wildman–Crippen MR) is 116 cm³/mol. The quantitative estimate of drug-likeness (QED) is 0.458. The molecule has 5 nitrogen and oxygen atoms in total. The number of aromatic nitrogens is 2. The Labute approximate surface area is 173 Å². The van der Waals surface area contributed by atoms with Crippen molar-refractivity contribution < 1.29 is 9.53 Å². The molecule has 0 aliphatic heterocycles. The first-order chi connectivity index (χ1) is 14.1. The molecule has 2 aromatic heterocycles. The van der Waals surface area contributed by atoms with Crippen LogP contribution in [0.15, 0.2) is 67.0 Å². The summed E-state index contributed by atoms with van der Waals surface area (Å²) >= 11 is 1.51. The topological polar surface area (TPSA) is 55.3 Å². The average molecular weight is 404 g/mol. The van der Waals surface area contributed by atoms with Gasteiger partial charge >= 0.3 is 0 Å². The molecule has 0 atom stereocenters. The smallest absolute Gasteiger partial charge is 0.267 e. The summed E-state index contributed by atoms with van der Waals surface area (Å²) in [5.74, 6) is 0.525. The number of para-hydroxylation sites is 1. The van der Waals surface area contributed by atoms with Gasteiger partial charge < -0.3 is 4.74 Å². The minimum absolute atomic E-state index is 0.0573. The summed E-state index contributed by atoms with van der Waals surface area (Å²) in [5.41, 5.74) is 4.10. The second-order valence-corrected chi connectivity index (χ2v) is 7.87. The number of nitrogens with zero attached hydrogens (tertiary/aromatic N) is 3. The molecule has 29 heavy (non-hydrogen) atoms. The maximum atomic E-state index is 13.1. The molecular formula is C23H21N3O2S. The summed E-state index contributed by atoms with van der Waals surface area (Å²) in [5, 5.41) is 0.663. The van der Waals surface area contributed by atoms with Gasteiger partial charge in [0.2, 0.25) is 0 Å². The Balaban J connectivity index is 1.60. The van der Waals surface area contributed by atoms with E-state index in [9.17, 15) is 4.79 Å². The molecule has 0 spiro atoms. The first-order valence-corrected chi connectivity index (χ1v) is 10.2. The van der Waals surface area contributed by atoms with Crippen molar-refractivity contribution in [3.05, 3.63) is 83.7 Å². The molecule has 0 saturated heterocycles. The normalized spacial score (nSPS) is 10.8. The molecule has 4 rings (SSSR count). The van der Waals surface area contributed by atoms with E-state index in [0.717, 1.165) is 26.9 Å². The molecule has 1 amide bonds. The Morgan fingerprint density at radius 2 is 1.90 bits per heavy atom. The van der Waals surface area contributed by atoms with Crippen LogP contribution in [-0.2, 0) is 11.3 Å². The van der Waals surface area contributed by atoms with E-state index in [1.165, 1.54) is 11.3 Å². The first kappa shape index (κ1) is 19.1. The lowest BCUT2D eigenvalue weighted by Crippen LogP contribution is -2.34. The average Bonchev–Trinajstić information content (AvgIpc) is 3.17. The predicted octanol–water partition coefficient (Wildman–Crippen LogP) is 4.92. The van der Waals surface area contributed by atoms with E-state index in [0.29, 0.717) is 17.4 Å². The molecule has 0 unspecified atom stereocenters. The lowest BCUT2D eigenvalue weighted by molar-refractivity contribution is -0.120. The Bertz CT molecular complexity index is 1120. The number of aryl methyl sites for hydroxylation is 2. The van der Waals surface area contributed by atoms with Gasteiger partial charge in [-0.05, 0) is 49.2 Å². The molecule has 0 bridgehead atoms. The van der Waals surface area contributed by atoms with Crippen molar-refractivity contribution in [2.24, 2.45) is 0 Å². The summed E-state index contributed by atoms with van der Waals surface area (Å²) in [4.78, 5) is 23.7. The summed E-state index contributed by atoms with van der Waals surface area (Å²) in [6.07, 6.45) is 3.48. The molecule has 2 aromatic carbocycles. The number of hydrogen-bond acceptors (Lipinski definition) is 5. The summed E-state index contributed by atoms with van der Waals surface area (Å²) in [6, 6.07) is 17.5. The Hall–Kier alpha value is -3.25. The zero-order valence-corrected chi connectivity index (χ0v) is 17.1. The highest BCUT2D eigenvalue weighted by Gasteiger charge is 2.21. The van der Waals surface area contributed by atoms with Gasteiger partial charge in [0.05, 0.1) is 16.8 Å². The number of rotatable bonds is 6. The summed E-state index contributed by atoms with van der Waals surface area (Å²) < 4.78 is 6.79. The third kappa shape index (κ3) is 4.43. The number of pyridine rings is 1. The fourth-order valence-electron chi connectivity index (χ4n) is 2.98. The van der Waals surface area contributed by atoms with Crippen LogP contribution in [0.3, 0.4) is 0 Å². The molecule has 6 heteroatoms. The van der Waals surface area contributed by atoms with Gasteiger partial charge in [-0.3, -0.25) is 14.7 Å². The third-order valence-electron chi connectivity index (χ3n) is 4.59. The van der Waals surface area contributed by atoms with Crippen LogP contribution < -0.4 is 9.64 Å². The zero-order chi connectivity index (χ0) is 20.2. The molecular weight excluding hydrogens is 382 g/mol. The van der Waals surface area contributed by atoms with Crippen molar-refractivity contribution in [2.45, 2.75) is 20.4 Å². The highest BCUT2D eigenvalue weighted by atomic mass is 32.1. The molecule has 0 radical (unpaired) electrons. The van der Waals surface area contributed by atoms with Gasteiger partial charge in [-0.15, -0.1) is 0 Å². The van der Waals surface area contributed by atoms with Crippen molar-refractivity contribution in [3.63, 3.8) is 0 Å². The van der Waals surface area contributed by atoms with E-state index < -0.39 is 0 Å². The Kier molecular flexibility index (Phi) is 5.53. The van der Waals surface area contributed by atoms with Crippen molar-refractivity contribution in [1.29, 1.82) is 0 Å². The molecule has 0 fully saturated rings. The van der Waals surface area contributed by atoms with Crippen LogP contribution >= 0.6 is 11.3 Å². The van der Waals surface area contributed by atoms with Crippen molar-refractivity contribution in [2.75, 3.05) is 11.5 Å². The minimum atomic E-state index is -0.147. The lowest BCUT2D eigenvalue weighted by atomic mass is 10.2. The van der Waals surface area contributed by atoms with E-state index >= 15 is 0 Å². The highest BCUT2D eigenvalue weighted by Crippen LogP contribution is 2.31. The fraction of sp³-hybridized carbons (Fsp3) is 0.174. The minimum Gasteiger partial charge on any atom is -0.484 e. The zero-order valence-electron chi connectivity index (χ0n) is 16.3. The van der Waals surface area contributed by atoms with E-state index in [1.807, 2.05) is 68.4 Å². The van der Waals surface area contributed by atoms with Crippen LogP contribution in [0.2, 0.25) is 0 Å².